The Balaban J connectivity index is 1.24. The maximum atomic E-state index is 12.5. The summed E-state index contributed by atoms with van der Waals surface area (Å²) in [5.41, 5.74) is 3.65. The van der Waals surface area contributed by atoms with E-state index in [4.69, 9.17) is 0 Å². The van der Waals surface area contributed by atoms with Crippen molar-refractivity contribution < 1.29 is 4.79 Å². The third-order valence-corrected chi connectivity index (χ3v) is 5.46. The normalized spacial score (nSPS) is 10.9. The van der Waals surface area contributed by atoms with Gasteiger partial charge in [0, 0.05) is 53.7 Å². The molecule has 5 aromatic rings. The lowest BCUT2D eigenvalue weighted by molar-refractivity contribution is 0.262. The molecule has 2 aromatic heterocycles. The molecule has 0 aliphatic carbocycles. The minimum atomic E-state index is -0.277. The van der Waals surface area contributed by atoms with E-state index >= 15 is 0 Å². The molecular weight excluding hydrogens is 398 g/mol. The summed E-state index contributed by atoms with van der Waals surface area (Å²) in [4.78, 5) is 17.0. The van der Waals surface area contributed by atoms with E-state index in [9.17, 15) is 4.79 Å². The molecule has 0 saturated carbocycles. The van der Waals surface area contributed by atoms with Gasteiger partial charge in [-0.3, -0.25) is 0 Å². The first-order valence-electron chi connectivity index (χ1n) is 10.5. The highest BCUT2D eigenvalue weighted by Crippen LogP contribution is 2.22. The molecule has 2 amide bonds. The Morgan fingerprint density at radius 2 is 1.72 bits per heavy atom. The molecule has 5 rings (SSSR count). The van der Waals surface area contributed by atoms with E-state index in [1.165, 1.54) is 0 Å². The molecule has 0 saturated heterocycles. The number of aryl methyl sites for hydroxylation is 1. The van der Waals surface area contributed by atoms with Crippen LogP contribution in [0.4, 0.5) is 22.0 Å². The van der Waals surface area contributed by atoms with Crippen molar-refractivity contribution in [3.8, 4) is 0 Å². The summed E-state index contributed by atoms with van der Waals surface area (Å²) in [5.74, 6) is 0.843. The number of hydrogen-bond donors (Lipinski definition) is 3. The van der Waals surface area contributed by atoms with Crippen molar-refractivity contribution in [1.29, 1.82) is 0 Å². The van der Waals surface area contributed by atoms with E-state index in [0.29, 0.717) is 6.54 Å². The van der Waals surface area contributed by atoms with E-state index < -0.39 is 0 Å². The fourth-order valence-electron chi connectivity index (χ4n) is 3.86. The van der Waals surface area contributed by atoms with Gasteiger partial charge in [0.25, 0.3) is 0 Å². The van der Waals surface area contributed by atoms with Gasteiger partial charge in [-0.15, -0.1) is 0 Å². The predicted octanol–water partition coefficient (Wildman–Crippen LogP) is 5.98. The van der Waals surface area contributed by atoms with Crippen molar-refractivity contribution in [2.24, 2.45) is 7.05 Å². The predicted molar refractivity (Wildman–Crippen MR) is 131 cm³/mol. The number of nitrogens with zero attached hydrogens (tertiary/aromatic N) is 2. The van der Waals surface area contributed by atoms with Gasteiger partial charge in [0.05, 0.1) is 0 Å². The zero-order chi connectivity index (χ0) is 21.9. The van der Waals surface area contributed by atoms with Gasteiger partial charge in [-0.2, -0.15) is 0 Å². The van der Waals surface area contributed by atoms with Crippen molar-refractivity contribution in [1.82, 2.24) is 9.55 Å². The molecule has 0 atom stereocenters. The molecule has 0 aliphatic heterocycles. The zero-order valence-corrected chi connectivity index (χ0v) is 17.7. The number of hydrogen-bond acceptors (Lipinski definition) is 3. The summed E-state index contributed by atoms with van der Waals surface area (Å²) in [6.07, 6.45) is 3.81. The standard InChI is InChI=1S/C26H23N5O/c1-31-14-12-20-16-22(9-10-24(20)31)30-26(32)29-21-7-4-5-18(15-21)17-28-25-23-8-3-2-6-19(23)11-13-27-25/h2-16H,17H2,1H3,(H,27,28)(H2,29,30,32). The molecule has 0 spiro atoms. The van der Waals surface area contributed by atoms with Crippen molar-refractivity contribution in [2.45, 2.75) is 6.54 Å². The van der Waals surface area contributed by atoms with Crippen LogP contribution in [0.1, 0.15) is 5.56 Å². The highest BCUT2D eigenvalue weighted by molar-refractivity contribution is 6.01. The Morgan fingerprint density at radius 1 is 0.875 bits per heavy atom. The van der Waals surface area contributed by atoms with Crippen LogP contribution in [0.2, 0.25) is 0 Å². The number of anilines is 3. The van der Waals surface area contributed by atoms with Crippen LogP contribution >= 0.6 is 0 Å². The molecular formula is C26H23N5O. The Kier molecular flexibility index (Phi) is 5.17. The van der Waals surface area contributed by atoms with Crippen molar-refractivity contribution >= 4 is 44.9 Å². The van der Waals surface area contributed by atoms with Gasteiger partial charge in [-0.05, 0) is 53.4 Å². The summed E-state index contributed by atoms with van der Waals surface area (Å²) in [6.45, 7) is 0.600. The minimum absolute atomic E-state index is 0.277. The van der Waals surface area contributed by atoms with Crippen LogP contribution in [-0.4, -0.2) is 15.6 Å². The van der Waals surface area contributed by atoms with E-state index in [0.717, 1.165) is 44.4 Å². The number of benzene rings is 3. The van der Waals surface area contributed by atoms with E-state index in [1.54, 1.807) is 6.20 Å². The second kappa shape index (κ2) is 8.43. The SMILES string of the molecule is Cn1ccc2cc(NC(=O)Nc3cccc(CNc4nccc5ccccc45)c3)ccc21. The Morgan fingerprint density at radius 3 is 2.62 bits per heavy atom. The van der Waals surface area contributed by atoms with E-state index in [2.05, 4.69) is 33.1 Å². The van der Waals surface area contributed by atoms with Gasteiger partial charge in [-0.1, -0.05) is 36.4 Å². The van der Waals surface area contributed by atoms with Crippen molar-refractivity contribution in [2.75, 3.05) is 16.0 Å². The van der Waals surface area contributed by atoms with Crippen molar-refractivity contribution in [3.63, 3.8) is 0 Å². The maximum Gasteiger partial charge on any atom is 0.323 e. The van der Waals surface area contributed by atoms with Gasteiger partial charge in [-0.25, -0.2) is 9.78 Å². The molecule has 3 N–H and O–H groups in total. The van der Waals surface area contributed by atoms with E-state index in [-0.39, 0.29) is 6.03 Å². The first-order valence-corrected chi connectivity index (χ1v) is 10.5. The molecule has 6 heteroatoms. The first kappa shape index (κ1) is 19.6. The van der Waals surface area contributed by atoms with Gasteiger partial charge in [0.2, 0.25) is 0 Å². The monoisotopic (exact) mass is 421 g/mol. The summed E-state index contributed by atoms with van der Waals surface area (Å²) >= 11 is 0. The Bertz CT molecular complexity index is 1420. The summed E-state index contributed by atoms with van der Waals surface area (Å²) in [6, 6.07) is 25.5. The fraction of sp³-hybridized carbons (Fsp3) is 0.0769. The fourth-order valence-corrected chi connectivity index (χ4v) is 3.86. The van der Waals surface area contributed by atoms with Crippen LogP contribution in [0.3, 0.4) is 0 Å². The van der Waals surface area contributed by atoms with Crippen LogP contribution < -0.4 is 16.0 Å². The molecule has 32 heavy (non-hydrogen) atoms. The third-order valence-electron chi connectivity index (χ3n) is 5.46. The lowest BCUT2D eigenvalue weighted by Gasteiger charge is -2.11. The molecule has 3 aromatic carbocycles. The molecule has 0 aliphatic rings. The average molecular weight is 422 g/mol. The number of rotatable bonds is 5. The number of aromatic nitrogens is 2. The van der Waals surface area contributed by atoms with Crippen LogP contribution in [0.5, 0.6) is 0 Å². The number of fused-ring (bicyclic) bond motifs is 2. The molecule has 6 nitrogen and oxygen atoms in total. The zero-order valence-electron chi connectivity index (χ0n) is 17.7. The third kappa shape index (κ3) is 4.11. The first-order chi connectivity index (χ1) is 15.7. The van der Waals surface area contributed by atoms with Gasteiger partial charge >= 0.3 is 6.03 Å². The van der Waals surface area contributed by atoms with Crippen LogP contribution in [0.15, 0.2) is 91.3 Å². The average Bonchev–Trinajstić information content (AvgIpc) is 3.18. The molecule has 0 fully saturated rings. The smallest absolute Gasteiger partial charge is 0.323 e. The Labute approximate surface area is 185 Å². The number of carbonyl (C=O) groups excluding carboxylic acids is 1. The largest absolute Gasteiger partial charge is 0.365 e. The molecule has 0 bridgehead atoms. The van der Waals surface area contributed by atoms with Gasteiger partial charge in [0.15, 0.2) is 0 Å². The lowest BCUT2D eigenvalue weighted by atomic mass is 10.1. The number of urea groups is 1. The van der Waals surface area contributed by atoms with E-state index in [1.807, 2.05) is 84.5 Å². The summed E-state index contributed by atoms with van der Waals surface area (Å²) in [5, 5.41) is 12.5. The maximum absolute atomic E-state index is 12.5. The number of nitrogens with one attached hydrogen (secondary N) is 3. The molecule has 0 radical (unpaired) electrons. The molecule has 158 valence electrons. The second-order valence-electron chi connectivity index (χ2n) is 7.71. The van der Waals surface area contributed by atoms with Crippen molar-refractivity contribution in [3.05, 3.63) is 96.8 Å². The number of carbonyl (C=O) groups is 1. The highest BCUT2D eigenvalue weighted by Gasteiger charge is 2.06. The lowest BCUT2D eigenvalue weighted by Crippen LogP contribution is -2.19. The van der Waals surface area contributed by atoms with Crippen LogP contribution in [0.25, 0.3) is 21.7 Å². The topological polar surface area (TPSA) is 71.0 Å². The minimum Gasteiger partial charge on any atom is -0.365 e. The van der Waals surface area contributed by atoms with Crippen LogP contribution in [-0.2, 0) is 13.6 Å². The molecule has 2 heterocycles. The van der Waals surface area contributed by atoms with Gasteiger partial charge < -0.3 is 20.5 Å². The summed E-state index contributed by atoms with van der Waals surface area (Å²) in [7, 11) is 2.00. The quantitative estimate of drug-likeness (QED) is 0.327. The number of amides is 2. The number of pyridine rings is 1. The molecule has 0 unspecified atom stereocenters. The van der Waals surface area contributed by atoms with Gasteiger partial charge in [0.1, 0.15) is 5.82 Å². The summed E-state index contributed by atoms with van der Waals surface area (Å²) < 4.78 is 2.05. The Hall–Kier alpha value is -4.32. The second-order valence-corrected chi connectivity index (χ2v) is 7.71. The highest BCUT2D eigenvalue weighted by atomic mass is 16.2. The van der Waals surface area contributed by atoms with Crippen LogP contribution in [0, 0.1) is 0 Å².